The van der Waals surface area contributed by atoms with Crippen LogP contribution < -0.4 is 14.8 Å². The molecule has 2 aromatic carbocycles. The molecule has 160 valence electrons. The Hall–Kier alpha value is -3.88. The number of aryl methyl sites for hydroxylation is 1. The van der Waals surface area contributed by atoms with Crippen LogP contribution in [0.1, 0.15) is 13.3 Å². The van der Waals surface area contributed by atoms with Crippen LogP contribution in [0.3, 0.4) is 0 Å². The molecule has 1 aliphatic heterocycles. The van der Waals surface area contributed by atoms with Gasteiger partial charge in [0, 0.05) is 11.9 Å². The molecule has 0 radical (unpaired) electrons. The minimum Gasteiger partial charge on any atom is -0.493 e. The third kappa shape index (κ3) is 4.20. The Morgan fingerprint density at radius 3 is 2.71 bits per heavy atom. The normalized spacial score (nSPS) is 15.3. The predicted molar refractivity (Wildman–Crippen MR) is 113 cm³/mol. The summed E-state index contributed by atoms with van der Waals surface area (Å²) in [5.41, 5.74) is 1.04. The largest absolute Gasteiger partial charge is 0.493 e. The van der Waals surface area contributed by atoms with E-state index in [2.05, 4.69) is 15.5 Å². The summed E-state index contributed by atoms with van der Waals surface area (Å²) in [5, 5.41) is 21.3. The SMILES string of the molecule is CCCn1c(O)c(N=NC(=O)CNC(=O)C2COc3ccccc3O2)c2ccccc21. The summed E-state index contributed by atoms with van der Waals surface area (Å²) in [5.74, 6) is -0.148. The van der Waals surface area contributed by atoms with E-state index in [9.17, 15) is 14.7 Å². The van der Waals surface area contributed by atoms with Crippen molar-refractivity contribution < 1.29 is 24.2 Å². The molecule has 31 heavy (non-hydrogen) atoms. The number of aromatic nitrogens is 1. The first-order valence-corrected chi connectivity index (χ1v) is 9.99. The van der Waals surface area contributed by atoms with E-state index in [-0.39, 0.29) is 24.7 Å². The molecule has 0 spiro atoms. The minimum atomic E-state index is -0.865. The number of hydrogen-bond donors (Lipinski definition) is 2. The first-order chi connectivity index (χ1) is 15.1. The Morgan fingerprint density at radius 1 is 1.16 bits per heavy atom. The average molecular weight is 422 g/mol. The molecule has 0 fully saturated rings. The molecule has 4 rings (SSSR count). The highest BCUT2D eigenvalue weighted by Gasteiger charge is 2.27. The number of para-hydroxylation sites is 3. The Morgan fingerprint density at radius 2 is 1.90 bits per heavy atom. The molecule has 2 heterocycles. The summed E-state index contributed by atoms with van der Waals surface area (Å²) in [6.45, 7) is 2.31. The van der Waals surface area contributed by atoms with Crippen LogP contribution in [0, 0.1) is 0 Å². The smallest absolute Gasteiger partial charge is 0.283 e. The second-order valence-electron chi connectivity index (χ2n) is 7.02. The molecule has 9 heteroatoms. The van der Waals surface area contributed by atoms with Gasteiger partial charge >= 0.3 is 0 Å². The van der Waals surface area contributed by atoms with E-state index in [4.69, 9.17) is 9.47 Å². The highest BCUT2D eigenvalue weighted by atomic mass is 16.6. The Bertz CT molecular complexity index is 1150. The molecular weight excluding hydrogens is 400 g/mol. The Balaban J connectivity index is 1.39. The number of hydrogen-bond acceptors (Lipinski definition) is 6. The summed E-state index contributed by atoms with van der Waals surface area (Å²) in [6, 6.07) is 14.4. The summed E-state index contributed by atoms with van der Waals surface area (Å²) >= 11 is 0. The van der Waals surface area contributed by atoms with Gasteiger partial charge < -0.3 is 24.5 Å². The molecule has 0 bridgehead atoms. The first-order valence-electron chi connectivity index (χ1n) is 9.99. The van der Waals surface area contributed by atoms with E-state index in [0.29, 0.717) is 23.4 Å². The molecule has 2 N–H and O–H groups in total. The molecular formula is C22H22N4O5. The molecule has 1 unspecified atom stereocenters. The van der Waals surface area contributed by atoms with Gasteiger partial charge in [-0.1, -0.05) is 37.3 Å². The zero-order chi connectivity index (χ0) is 21.8. The third-order valence-electron chi connectivity index (χ3n) is 4.84. The Kier molecular flexibility index (Phi) is 5.83. The van der Waals surface area contributed by atoms with Gasteiger partial charge in [-0.3, -0.25) is 9.59 Å². The number of nitrogens with one attached hydrogen (secondary N) is 1. The van der Waals surface area contributed by atoms with Crippen LogP contribution in [0.25, 0.3) is 10.9 Å². The fourth-order valence-electron chi connectivity index (χ4n) is 3.39. The second kappa shape index (κ2) is 8.86. The van der Waals surface area contributed by atoms with Crippen LogP contribution in [0.15, 0.2) is 58.8 Å². The van der Waals surface area contributed by atoms with Gasteiger partial charge in [0.05, 0.1) is 5.52 Å². The lowest BCUT2D eigenvalue weighted by Crippen LogP contribution is -2.45. The van der Waals surface area contributed by atoms with Gasteiger partial charge in [-0.2, -0.15) is 0 Å². The van der Waals surface area contributed by atoms with Gasteiger partial charge in [0.1, 0.15) is 13.2 Å². The number of azo groups is 1. The van der Waals surface area contributed by atoms with Crippen molar-refractivity contribution in [3.63, 3.8) is 0 Å². The number of rotatable bonds is 6. The zero-order valence-electron chi connectivity index (χ0n) is 16.9. The summed E-state index contributed by atoms with van der Waals surface area (Å²) < 4.78 is 12.8. The van der Waals surface area contributed by atoms with Crippen LogP contribution in [-0.4, -0.2) is 40.7 Å². The van der Waals surface area contributed by atoms with E-state index in [1.807, 2.05) is 31.2 Å². The van der Waals surface area contributed by atoms with Gasteiger partial charge in [-0.15, -0.1) is 10.2 Å². The van der Waals surface area contributed by atoms with Gasteiger partial charge in [-0.25, -0.2) is 0 Å². The lowest BCUT2D eigenvalue weighted by Gasteiger charge is -2.25. The van der Waals surface area contributed by atoms with Crippen molar-refractivity contribution in [1.29, 1.82) is 0 Å². The molecule has 3 aromatic rings. The number of carbonyl (C=O) groups excluding carboxylic acids is 2. The second-order valence-corrected chi connectivity index (χ2v) is 7.02. The van der Waals surface area contributed by atoms with Crippen molar-refractivity contribution in [2.45, 2.75) is 26.0 Å². The van der Waals surface area contributed by atoms with Gasteiger partial charge in [0.15, 0.2) is 17.2 Å². The number of fused-ring (bicyclic) bond motifs is 2. The topological polar surface area (TPSA) is 115 Å². The zero-order valence-corrected chi connectivity index (χ0v) is 16.9. The van der Waals surface area contributed by atoms with Crippen molar-refractivity contribution in [2.75, 3.05) is 13.2 Å². The van der Waals surface area contributed by atoms with E-state index in [1.54, 1.807) is 28.8 Å². The highest BCUT2D eigenvalue weighted by Crippen LogP contribution is 2.38. The molecule has 0 aliphatic carbocycles. The third-order valence-corrected chi connectivity index (χ3v) is 4.84. The first kappa shape index (κ1) is 20.4. The summed E-state index contributed by atoms with van der Waals surface area (Å²) in [4.78, 5) is 24.5. The van der Waals surface area contributed by atoms with Crippen molar-refractivity contribution in [3.8, 4) is 17.4 Å². The van der Waals surface area contributed by atoms with Gasteiger partial charge in [0.25, 0.3) is 11.8 Å². The number of aromatic hydroxyl groups is 1. The lowest BCUT2D eigenvalue weighted by atomic mass is 10.2. The van der Waals surface area contributed by atoms with Crippen LogP contribution >= 0.6 is 0 Å². The maximum Gasteiger partial charge on any atom is 0.283 e. The van der Waals surface area contributed by atoms with Crippen molar-refractivity contribution in [2.24, 2.45) is 10.2 Å². The summed E-state index contributed by atoms with van der Waals surface area (Å²) in [6.07, 6.45) is -0.0405. The molecule has 0 saturated carbocycles. The maximum atomic E-state index is 12.3. The van der Waals surface area contributed by atoms with Gasteiger partial charge in [-0.05, 0) is 24.6 Å². The minimum absolute atomic E-state index is 0.0450. The molecule has 1 aliphatic rings. The molecule has 0 saturated heterocycles. The number of ether oxygens (including phenoxy) is 2. The van der Waals surface area contributed by atoms with Crippen molar-refractivity contribution in [1.82, 2.24) is 9.88 Å². The van der Waals surface area contributed by atoms with E-state index < -0.39 is 17.9 Å². The number of nitrogens with zero attached hydrogens (tertiary/aromatic N) is 3. The van der Waals surface area contributed by atoms with E-state index in [0.717, 1.165) is 11.9 Å². The molecule has 1 atom stereocenters. The van der Waals surface area contributed by atoms with Crippen LogP contribution in [0.2, 0.25) is 0 Å². The average Bonchev–Trinajstić information content (AvgIpc) is 3.07. The maximum absolute atomic E-state index is 12.3. The monoisotopic (exact) mass is 422 g/mol. The van der Waals surface area contributed by atoms with E-state index >= 15 is 0 Å². The molecule has 1 aromatic heterocycles. The van der Waals surface area contributed by atoms with E-state index in [1.165, 1.54) is 0 Å². The molecule has 2 amide bonds. The van der Waals surface area contributed by atoms with Crippen molar-refractivity contribution in [3.05, 3.63) is 48.5 Å². The number of carbonyl (C=O) groups is 2. The lowest BCUT2D eigenvalue weighted by molar-refractivity contribution is -0.132. The highest BCUT2D eigenvalue weighted by molar-refractivity contribution is 5.95. The van der Waals surface area contributed by atoms with Crippen LogP contribution in [-0.2, 0) is 16.1 Å². The van der Waals surface area contributed by atoms with Crippen molar-refractivity contribution >= 4 is 28.4 Å². The van der Waals surface area contributed by atoms with Gasteiger partial charge in [0.2, 0.25) is 12.0 Å². The summed E-state index contributed by atoms with van der Waals surface area (Å²) in [7, 11) is 0. The predicted octanol–water partition coefficient (Wildman–Crippen LogP) is 3.32. The fourth-order valence-corrected chi connectivity index (χ4v) is 3.39. The fraction of sp³-hybridized carbons (Fsp3) is 0.273. The molecule has 9 nitrogen and oxygen atoms in total. The standard InChI is InChI=1S/C22H22N4O5/c1-2-11-26-15-8-4-3-7-14(15)20(22(26)29)25-24-19(27)12-23-21(28)18-13-30-16-9-5-6-10-17(16)31-18/h3-10,18,29H,2,11-13H2,1H3,(H,23,28). The Labute approximate surface area is 178 Å². The van der Waals surface area contributed by atoms with Crippen LogP contribution in [0.5, 0.6) is 17.4 Å². The number of benzene rings is 2. The number of amides is 2. The van der Waals surface area contributed by atoms with Crippen LogP contribution in [0.4, 0.5) is 5.69 Å². The quantitative estimate of drug-likeness (QED) is 0.592.